The molecule has 0 spiro atoms. The van der Waals surface area contributed by atoms with E-state index in [4.69, 9.17) is 9.47 Å². The van der Waals surface area contributed by atoms with Gasteiger partial charge >= 0.3 is 0 Å². The van der Waals surface area contributed by atoms with Crippen molar-refractivity contribution in [3.63, 3.8) is 0 Å². The maximum Gasteiger partial charge on any atom is 0.185 e. The maximum absolute atomic E-state index is 11.9. The molecule has 3 rings (SSSR count). The first-order chi connectivity index (χ1) is 13.9. The molecule has 3 aromatic rings. The van der Waals surface area contributed by atoms with Gasteiger partial charge < -0.3 is 9.47 Å². The minimum Gasteiger partial charge on any atom is -0.493 e. The van der Waals surface area contributed by atoms with Crippen LogP contribution >= 0.6 is 0 Å². The zero-order chi connectivity index (χ0) is 21.0. The van der Waals surface area contributed by atoms with Gasteiger partial charge in [0.1, 0.15) is 16.7 Å². The lowest BCUT2D eigenvalue weighted by atomic mass is 10.1. The van der Waals surface area contributed by atoms with Crippen molar-refractivity contribution in [2.75, 3.05) is 20.5 Å². The second kappa shape index (κ2) is 8.20. The van der Waals surface area contributed by atoms with Crippen LogP contribution in [0.4, 0.5) is 0 Å². The highest BCUT2D eigenvalue weighted by atomic mass is 32.2. The van der Waals surface area contributed by atoms with Gasteiger partial charge in [0.15, 0.2) is 21.3 Å². The lowest BCUT2D eigenvalue weighted by molar-refractivity contribution is 0.355. The van der Waals surface area contributed by atoms with Crippen molar-refractivity contribution < 1.29 is 17.9 Å². The molecule has 0 N–H and O–H groups in total. The summed E-state index contributed by atoms with van der Waals surface area (Å²) in [5.41, 5.74) is 2.48. The smallest absolute Gasteiger partial charge is 0.185 e. The number of sulfone groups is 1. The SMILES string of the molecule is COc1ccc(-c2nn(-c3ccccc3)cc2/C=C(\C#N)S(C)(=O)=O)cc1OC. The van der Waals surface area contributed by atoms with Gasteiger partial charge in [0.2, 0.25) is 0 Å². The fourth-order valence-electron chi connectivity index (χ4n) is 2.78. The summed E-state index contributed by atoms with van der Waals surface area (Å²) in [5, 5.41) is 13.9. The van der Waals surface area contributed by atoms with E-state index in [0.717, 1.165) is 11.9 Å². The lowest BCUT2D eigenvalue weighted by Crippen LogP contribution is -1.98. The maximum atomic E-state index is 11.9. The number of rotatable bonds is 6. The van der Waals surface area contributed by atoms with Crippen molar-refractivity contribution in [1.29, 1.82) is 5.26 Å². The number of para-hydroxylation sites is 1. The topological polar surface area (TPSA) is 94.2 Å². The van der Waals surface area contributed by atoms with E-state index in [1.807, 2.05) is 30.3 Å². The number of ether oxygens (including phenoxy) is 2. The van der Waals surface area contributed by atoms with E-state index < -0.39 is 9.84 Å². The lowest BCUT2D eigenvalue weighted by Gasteiger charge is -2.09. The molecule has 1 heterocycles. The van der Waals surface area contributed by atoms with Crippen LogP contribution in [0.2, 0.25) is 0 Å². The number of nitrogens with zero attached hydrogens (tertiary/aromatic N) is 3. The monoisotopic (exact) mass is 409 g/mol. The quantitative estimate of drug-likeness (QED) is 0.579. The van der Waals surface area contributed by atoms with Gasteiger partial charge in [-0.15, -0.1) is 0 Å². The molecule has 7 nitrogen and oxygen atoms in total. The molecule has 0 aliphatic carbocycles. The number of aromatic nitrogens is 2. The molecule has 0 fully saturated rings. The highest BCUT2D eigenvalue weighted by molar-refractivity contribution is 7.95. The molecule has 0 saturated heterocycles. The normalized spacial score (nSPS) is 11.7. The fraction of sp³-hybridized carbons (Fsp3) is 0.143. The molecule has 0 saturated carbocycles. The molecule has 0 radical (unpaired) electrons. The Balaban J connectivity index is 2.24. The first-order valence-electron chi connectivity index (χ1n) is 8.56. The summed E-state index contributed by atoms with van der Waals surface area (Å²) in [4.78, 5) is -0.341. The summed E-state index contributed by atoms with van der Waals surface area (Å²) in [6.07, 6.45) is 4.01. The average molecular weight is 409 g/mol. The molecule has 29 heavy (non-hydrogen) atoms. The summed E-state index contributed by atoms with van der Waals surface area (Å²) >= 11 is 0. The van der Waals surface area contributed by atoms with Gasteiger partial charge in [0.25, 0.3) is 0 Å². The predicted molar refractivity (Wildman–Crippen MR) is 111 cm³/mol. The van der Waals surface area contributed by atoms with E-state index in [1.165, 1.54) is 13.2 Å². The Hall–Kier alpha value is -3.57. The van der Waals surface area contributed by atoms with Crippen LogP contribution in [0.25, 0.3) is 23.0 Å². The Morgan fingerprint density at radius 2 is 1.79 bits per heavy atom. The summed E-state index contributed by atoms with van der Waals surface area (Å²) in [7, 11) is -0.600. The van der Waals surface area contributed by atoms with E-state index in [2.05, 4.69) is 5.10 Å². The third-order valence-corrected chi connectivity index (χ3v) is 5.22. The molecule has 8 heteroatoms. The van der Waals surface area contributed by atoms with Gasteiger partial charge in [-0.05, 0) is 36.4 Å². The highest BCUT2D eigenvalue weighted by Crippen LogP contribution is 2.34. The van der Waals surface area contributed by atoms with Crippen LogP contribution in [0.15, 0.2) is 59.6 Å². The molecule has 0 atom stereocenters. The molecule has 2 aromatic carbocycles. The number of hydrogen-bond acceptors (Lipinski definition) is 6. The van der Waals surface area contributed by atoms with Gasteiger partial charge in [-0.2, -0.15) is 10.4 Å². The minimum atomic E-state index is -3.67. The van der Waals surface area contributed by atoms with Crippen LogP contribution in [0.3, 0.4) is 0 Å². The van der Waals surface area contributed by atoms with E-state index in [1.54, 1.807) is 42.3 Å². The Bertz CT molecular complexity index is 1210. The standard InChI is InChI=1S/C21H19N3O4S/c1-27-19-10-9-15(12-20(19)28-2)21-16(11-18(13-22)29(3,25)26)14-24(23-21)17-7-5-4-6-8-17/h4-12,14H,1-3H3/b18-11+. The first kappa shape index (κ1) is 20.2. The number of benzene rings is 2. The van der Waals surface area contributed by atoms with Gasteiger partial charge in [-0.3, -0.25) is 0 Å². The number of hydrogen-bond donors (Lipinski definition) is 0. The average Bonchev–Trinajstić information content (AvgIpc) is 3.15. The number of methoxy groups -OCH3 is 2. The van der Waals surface area contributed by atoms with Crippen molar-refractivity contribution in [2.45, 2.75) is 0 Å². The van der Waals surface area contributed by atoms with Crippen LogP contribution in [-0.4, -0.2) is 38.7 Å². The summed E-state index contributed by atoms with van der Waals surface area (Å²) in [5.74, 6) is 1.07. The second-order valence-corrected chi connectivity index (χ2v) is 8.16. The van der Waals surface area contributed by atoms with Crippen LogP contribution in [0.1, 0.15) is 5.56 Å². The predicted octanol–water partition coefficient (Wildman–Crippen LogP) is 3.47. The third kappa shape index (κ3) is 4.31. The van der Waals surface area contributed by atoms with Crippen molar-refractivity contribution in [3.05, 3.63) is 65.2 Å². The summed E-state index contributed by atoms with van der Waals surface area (Å²) in [6, 6.07) is 16.4. The molecule has 0 aliphatic heterocycles. The zero-order valence-corrected chi connectivity index (χ0v) is 17.0. The van der Waals surface area contributed by atoms with E-state index in [-0.39, 0.29) is 4.91 Å². The summed E-state index contributed by atoms with van der Waals surface area (Å²) in [6.45, 7) is 0. The molecule has 148 valence electrons. The number of allylic oxidation sites excluding steroid dienone is 1. The van der Waals surface area contributed by atoms with Crippen LogP contribution in [-0.2, 0) is 9.84 Å². The largest absolute Gasteiger partial charge is 0.493 e. The van der Waals surface area contributed by atoms with E-state index >= 15 is 0 Å². The number of nitriles is 1. The van der Waals surface area contributed by atoms with Crippen molar-refractivity contribution >= 4 is 15.9 Å². The fourth-order valence-corrected chi connectivity index (χ4v) is 3.28. The molecule has 0 amide bonds. The Kier molecular flexibility index (Phi) is 5.71. The highest BCUT2D eigenvalue weighted by Gasteiger charge is 2.17. The molecule has 1 aromatic heterocycles. The van der Waals surface area contributed by atoms with Crippen LogP contribution in [0, 0.1) is 11.3 Å². The van der Waals surface area contributed by atoms with Gasteiger partial charge in [0, 0.05) is 23.6 Å². The van der Waals surface area contributed by atoms with E-state index in [0.29, 0.717) is 28.3 Å². The molecule has 0 aliphatic rings. The molecular formula is C21H19N3O4S. The van der Waals surface area contributed by atoms with Gasteiger partial charge in [0.05, 0.1) is 19.9 Å². The molecule has 0 bridgehead atoms. The Morgan fingerprint density at radius 1 is 1.10 bits per heavy atom. The van der Waals surface area contributed by atoms with Crippen LogP contribution < -0.4 is 9.47 Å². The van der Waals surface area contributed by atoms with Crippen molar-refractivity contribution in [2.24, 2.45) is 0 Å². The van der Waals surface area contributed by atoms with Gasteiger partial charge in [-0.25, -0.2) is 13.1 Å². The Morgan fingerprint density at radius 3 is 2.38 bits per heavy atom. The minimum absolute atomic E-state index is 0.341. The van der Waals surface area contributed by atoms with Crippen molar-refractivity contribution in [3.8, 4) is 34.5 Å². The first-order valence-corrected chi connectivity index (χ1v) is 10.5. The van der Waals surface area contributed by atoms with E-state index in [9.17, 15) is 13.7 Å². The van der Waals surface area contributed by atoms with Gasteiger partial charge in [-0.1, -0.05) is 18.2 Å². The molecule has 0 unspecified atom stereocenters. The van der Waals surface area contributed by atoms with Crippen molar-refractivity contribution in [1.82, 2.24) is 9.78 Å². The summed E-state index contributed by atoms with van der Waals surface area (Å²) < 4.78 is 36.1. The second-order valence-electron chi connectivity index (χ2n) is 6.18. The van der Waals surface area contributed by atoms with Crippen LogP contribution in [0.5, 0.6) is 11.5 Å². The molecular weight excluding hydrogens is 390 g/mol. The zero-order valence-electron chi connectivity index (χ0n) is 16.2. The Labute approximate surface area is 169 Å². The third-order valence-electron chi connectivity index (χ3n) is 4.22.